The maximum absolute atomic E-state index is 12.4. The Hall–Kier alpha value is -4.86. The van der Waals surface area contributed by atoms with Gasteiger partial charge in [0.05, 0.1) is 5.52 Å². The number of carbonyl (C=O) groups excluding carboxylic acids is 1. The Morgan fingerprint density at radius 3 is 2.87 bits per heavy atom. The molecule has 1 aliphatic carbocycles. The third kappa shape index (κ3) is 4.14. The zero-order valence-corrected chi connectivity index (χ0v) is 21.4. The van der Waals surface area contributed by atoms with Crippen LogP contribution in [0.2, 0.25) is 0 Å². The number of nitrogens with zero attached hydrogens (tertiary/aromatic N) is 7. The third-order valence-corrected chi connectivity index (χ3v) is 7.74. The topological polar surface area (TPSA) is 110 Å². The van der Waals surface area contributed by atoms with Crippen LogP contribution in [0.1, 0.15) is 30.0 Å². The fourth-order valence-corrected chi connectivity index (χ4v) is 5.93. The number of benzene rings is 1. The van der Waals surface area contributed by atoms with Gasteiger partial charge in [-0.15, -0.1) is 0 Å². The summed E-state index contributed by atoms with van der Waals surface area (Å²) in [5, 5.41) is 7.53. The summed E-state index contributed by atoms with van der Waals surface area (Å²) in [5.74, 6) is 2.77. The van der Waals surface area contributed by atoms with Crippen LogP contribution in [0.5, 0.6) is 11.5 Å². The van der Waals surface area contributed by atoms with Gasteiger partial charge in [0.25, 0.3) is 0 Å². The number of likely N-dealkylation sites (tertiary alicyclic amines) is 1. The number of hydrogen-bond acceptors (Lipinski definition) is 8. The van der Waals surface area contributed by atoms with Crippen molar-refractivity contribution in [2.75, 3.05) is 11.9 Å². The summed E-state index contributed by atoms with van der Waals surface area (Å²) < 4.78 is 7.80. The number of hydrogen-bond donors (Lipinski definition) is 1. The summed E-state index contributed by atoms with van der Waals surface area (Å²) in [4.78, 5) is 32.5. The van der Waals surface area contributed by atoms with E-state index < -0.39 is 0 Å². The summed E-state index contributed by atoms with van der Waals surface area (Å²) in [6.07, 6.45) is 8.33. The van der Waals surface area contributed by atoms with Crippen LogP contribution < -0.4 is 10.1 Å². The molecule has 2 fully saturated rings. The molecule has 0 radical (unpaired) electrons. The largest absolute Gasteiger partial charge is 0.457 e. The molecule has 3 atom stereocenters. The van der Waals surface area contributed by atoms with Gasteiger partial charge in [-0.3, -0.25) is 4.79 Å². The first kappa shape index (κ1) is 23.3. The lowest BCUT2D eigenvalue weighted by Gasteiger charge is -2.32. The van der Waals surface area contributed by atoms with Crippen LogP contribution in [-0.4, -0.2) is 52.9 Å². The Balaban J connectivity index is 1.14. The molecule has 1 aliphatic heterocycles. The molecule has 5 heterocycles. The number of rotatable bonds is 6. The summed E-state index contributed by atoms with van der Waals surface area (Å²) in [5.41, 5.74) is 4.98. The smallest absolute Gasteiger partial charge is 0.246 e. The van der Waals surface area contributed by atoms with Crippen LogP contribution in [0.25, 0.3) is 16.7 Å². The summed E-state index contributed by atoms with van der Waals surface area (Å²) >= 11 is 0. The van der Waals surface area contributed by atoms with Crippen molar-refractivity contribution in [3.63, 3.8) is 0 Å². The number of aromatic nitrogens is 6. The molecule has 10 nitrogen and oxygen atoms in total. The zero-order valence-electron chi connectivity index (χ0n) is 21.4. The summed E-state index contributed by atoms with van der Waals surface area (Å²) in [6.45, 7) is 6.48. The number of aryl methyl sites for hydroxylation is 1. The van der Waals surface area contributed by atoms with Crippen molar-refractivity contribution in [1.82, 2.24) is 34.4 Å². The van der Waals surface area contributed by atoms with Crippen LogP contribution in [0.3, 0.4) is 0 Å². The Kier molecular flexibility index (Phi) is 5.46. The van der Waals surface area contributed by atoms with Crippen molar-refractivity contribution in [3.05, 3.63) is 85.2 Å². The van der Waals surface area contributed by atoms with Gasteiger partial charge in [-0.25, -0.2) is 24.5 Å². The maximum Gasteiger partial charge on any atom is 0.246 e. The second kappa shape index (κ2) is 9.16. The number of nitrogens with one attached hydrogen (secondary N) is 1. The average Bonchev–Trinajstić information content (AvgIpc) is 3.70. The third-order valence-electron chi connectivity index (χ3n) is 7.74. The molecular formula is C29H26N8O2. The minimum Gasteiger partial charge on any atom is -0.457 e. The van der Waals surface area contributed by atoms with Gasteiger partial charge in [0.15, 0.2) is 11.5 Å². The van der Waals surface area contributed by atoms with Crippen molar-refractivity contribution in [2.24, 2.45) is 5.92 Å². The molecule has 1 saturated heterocycles. The number of pyridine rings is 2. The van der Waals surface area contributed by atoms with Gasteiger partial charge in [-0.1, -0.05) is 6.58 Å². The zero-order chi connectivity index (χ0) is 26.5. The van der Waals surface area contributed by atoms with E-state index in [0.29, 0.717) is 23.0 Å². The Morgan fingerprint density at radius 2 is 2.03 bits per heavy atom. The van der Waals surface area contributed by atoms with E-state index in [1.165, 1.54) is 12.4 Å². The van der Waals surface area contributed by atoms with E-state index in [9.17, 15) is 4.79 Å². The second-order valence-electron chi connectivity index (χ2n) is 10.2. The summed E-state index contributed by atoms with van der Waals surface area (Å²) in [7, 11) is 0. The van der Waals surface area contributed by atoms with Crippen LogP contribution >= 0.6 is 0 Å². The highest BCUT2D eigenvalue weighted by Gasteiger charge is 2.47. The number of piperidine rings is 1. The molecule has 39 heavy (non-hydrogen) atoms. The highest BCUT2D eigenvalue weighted by molar-refractivity contribution is 5.88. The molecule has 1 N–H and O–H groups in total. The van der Waals surface area contributed by atoms with Crippen LogP contribution in [0.4, 0.5) is 11.5 Å². The number of fused-ring (bicyclic) bond motifs is 4. The minimum atomic E-state index is 0.000513. The minimum absolute atomic E-state index is 0.000513. The van der Waals surface area contributed by atoms with Crippen molar-refractivity contribution in [2.45, 2.75) is 31.7 Å². The maximum atomic E-state index is 12.4. The van der Waals surface area contributed by atoms with E-state index in [2.05, 4.69) is 31.9 Å². The number of amides is 1. The molecule has 7 rings (SSSR count). The highest BCUT2D eigenvalue weighted by Crippen LogP contribution is 2.47. The SMILES string of the molecule is C=CC(=O)N1C[C@H]2C[C@@H]1[C@H](c1ccc3ncnc(Nc4ccc(Oc5ccn6ncnc6c5)c(C)c4)c3n1)C2. The summed E-state index contributed by atoms with van der Waals surface area (Å²) in [6, 6.07) is 13.8. The van der Waals surface area contributed by atoms with Gasteiger partial charge < -0.3 is 15.0 Å². The van der Waals surface area contributed by atoms with E-state index in [-0.39, 0.29) is 17.9 Å². The van der Waals surface area contributed by atoms with Gasteiger partial charge in [0, 0.05) is 42.1 Å². The van der Waals surface area contributed by atoms with E-state index in [4.69, 9.17) is 9.72 Å². The lowest BCUT2D eigenvalue weighted by atomic mass is 9.94. The van der Waals surface area contributed by atoms with Crippen LogP contribution in [-0.2, 0) is 4.79 Å². The Labute approximate surface area is 224 Å². The van der Waals surface area contributed by atoms with Gasteiger partial charge in [-0.05, 0) is 73.7 Å². The molecule has 5 aromatic rings. The van der Waals surface area contributed by atoms with Gasteiger partial charge in [-0.2, -0.15) is 5.10 Å². The first-order valence-electron chi connectivity index (χ1n) is 13.0. The van der Waals surface area contributed by atoms with Crippen LogP contribution in [0.15, 0.2) is 74.0 Å². The molecule has 0 spiro atoms. The first-order valence-corrected chi connectivity index (χ1v) is 13.0. The van der Waals surface area contributed by atoms with Crippen molar-refractivity contribution < 1.29 is 9.53 Å². The monoisotopic (exact) mass is 518 g/mol. The molecule has 1 saturated carbocycles. The molecule has 2 bridgehead atoms. The molecule has 2 aliphatic rings. The Morgan fingerprint density at radius 1 is 1.10 bits per heavy atom. The van der Waals surface area contributed by atoms with Gasteiger partial charge in [0.1, 0.15) is 29.7 Å². The molecular weight excluding hydrogens is 492 g/mol. The molecule has 10 heteroatoms. The molecule has 1 amide bonds. The van der Waals surface area contributed by atoms with Crippen LogP contribution in [0, 0.1) is 12.8 Å². The van der Waals surface area contributed by atoms with Gasteiger partial charge >= 0.3 is 0 Å². The number of carbonyl (C=O) groups is 1. The van der Waals surface area contributed by atoms with Crippen molar-refractivity contribution in [1.29, 1.82) is 0 Å². The lowest BCUT2D eigenvalue weighted by Crippen LogP contribution is -2.40. The molecule has 194 valence electrons. The van der Waals surface area contributed by atoms with E-state index >= 15 is 0 Å². The number of ether oxygens (including phenoxy) is 1. The second-order valence-corrected chi connectivity index (χ2v) is 10.2. The Bertz CT molecular complexity index is 1750. The quantitative estimate of drug-likeness (QED) is 0.319. The average molecular weight is 519 g/mol. The molecule has 0 unspecified atom stereocenters. The fraction of sp³-hybridized carbons (Fsp3) is 0.241. The highest BCUT2D eigenvalue weighted by atomic mass is 16.5. The van der Waals surface area contributed by atoms with E-state index in [1.54, 1.807) is 10.8 Å². The molecule has 4 aromatic heterocycles. The van der Waals surface area contributed by atoms with Crippen molar-refractivity contribution >= 4 is 34.1 Å². The predicted octanol–water partition coefficient (Wildman–Crippen LogP) is 4.80. The fourth-order valence-electron chi connectivity index (χ4n) is 5.93. The standard InChI is InChI=1S/C29H26N8O2/c1-3-27(38)36-14-18-11-21(24(36)12-18)22-5-6-23-28(35-22)29(32-15-30-23)34-19-4-7-25(17(2)10-19)39-20-8-9-37-26(13-20)31-16-33-37/h3-10,13,15-16,18,21,24H,1,11-12,14H2,2H3,(H,30,32,34)/t18-,21+,24-/m1/s1. The normalized spacial score (nSPS) is 20.0. The predicted molar refractivity (Wildman–Crippen MR) is 146 cm³/mol. The van der Waals surface area contributed by atoms with E-state index in [1.807, 2.05) is 60.5 Å². The molecule has 1 aromatic carbocycles. The number of anilines is 2. The van der Waals surface area contributed by atoms with Gasteiger partial charge in [0.2, 0.25) is 5.91 Å². The van der Waals surface area contributed by atoms with Crippen molar-refractivity contribution in [3.8, 4) is 11.5 Å². The lowest BCUT2D eigenvalue weighted by molar-refractivity contribution is -0.127. The first-order chi connectivity index (χ1) is 19.1. The van der Waals surface area contributed by atoms with E-state index in [0.717, 1.165) is 53.2 Å².